The zero-order chi connectivity index (χ0) is 11.0. The lowest BCUT2D eigenvalue weighted by molar-refractivity contribution is -0.122. The van der Waals surface area contributed by atoms with Crippen LogP contribution in [0.15, 0.2) is 18.2 Å². The number of hydrogen-bond acceptors (Lipinski definition) is 2. The van der Waals surface area contributed by atoms with E-state index < -0.39 is 6.10 Å². The summed E-state index contributed by atoms with van der Waals surface area (Å²) in [5.74, 6) is 1.13. The second kappa shape index (κ2) is 3.57. The number of fused-ring (bicyclic) bond motifs is 1. The van der Waals surface area contributed by atoms with Crippen LogP contribution in [-0.2, 0) is 4.79 Å². The highest BCUT2D eigenvalue weighted by molar-refractivity contribution is 5.97. The van der Waals surface area contributed by atoms with Gasteiger partial charge in [-0.2, -0.15) is 0 Å². The van der Waals surface area contributed by atoms with E-state index in [1.54, 1.807) is 6.92 Å². The van der Waals surface area contributed by atoms with E-state index in [9.17, 15) is 4.79 Å². The van der Waals surface area contributed by atoms with Crippen molar-refractivity contribution in [1.82, 2.24) is 0 Å². The van der Waals surface area contributed by atoms with Crippen LogP contribution in [0, 0.1) is 0 Å². The highest BCUT2D eigenvalue weighted by Gasteiger charge is 2.25. The van der Waals surface area contributed by atoms with Crippen LogP contribution < -0.4 is 10.1 Å². The predicted octanol–water partition coefficient (Wildman–Crippen LogP) is 2.53. The molecule has 0 aliphatic carbocycles. The van der Waals surface area contributed by atoms with Gasteiger partial charge in [-0.15, -0.1) is 0 Å². The molecule has 1 aliphatic rings. The third kappa shape index (κ3) is 1.69. The first-order valence-corrected chi connectivity index (χ1v) is 5.20. The van der Waals surface area contributed by atoms with Crippen molar-refractivity contribution in [2.45, 2.75) is 32.8 Å². The van der Waals surface area contributed by atoms with E-state index in [1.165, 1.54) is 0 Å². The molecule has 0 aromatic heterocycles. The molecule has 1 amide bonds. The molecule has 3 nitrogen and oxygen atoms in total. The topological polar surface area (TPSA) is 38.3 Å². The van der Waals surface area contributed by atoms with E-state index in [2.05, 4.69) is 19.2 Å². The van der Waals surface area contributed by atoms with Gasteiger partial charge in [0.05, 0.1) is 5.69 Å². The molecular formula is C12H15NO2. The third-order valence-electron chi connectivity index (χ3n) is 2.59. The van der Waals surface area contributed by atoms with Gasteiger partial charge in [-0.25, -0.2) is 0 Å². The Morgan fingerprint density at radius 3 is 2.80 bits per heavy atom. The van der Waals surface area contributed by atoms with Gasteiger partial charge in [-0.3, -0.25) is 4.79 Å². The number of carbonyl (C=O) groups excluding carboxylic acids is 1. The van der Waals surface area contributed by atoms with E-state index in [0.29, 0.717) is 5.92 Å². The van der Waals surface area contributed by atoms with Gasteiger partial charge < -0.3 is 10.1 Å². The average molecular weight is 205 g/mol. The molecule has 1 aromatic carbocycles. The Morgan fingerprint density at radius 1 is 1.40 bits per heavy atom. The lowest BCUT2D eigenvalue weighted by atomic mass is 10.0. The molecule has 0 saturated heterocycles. The maximum Gasteiger partial charge on any atom is 0.265 e. The Morgan fingerprint density at radius 2 is 2.13 bits per heavy atom. The summed E-state index contributed by atoms with van der Waals surface area (Å²) in [6.45, 7) is 5.98. The molecule has 2 rings (SSSR count). The predicted molar refractivity (Wildman–Crippen MR) is 59.3 cm³/mol. The zero-order valence-electron chi connectivity index (χ0n) is 9.20. The summed E-state index contributed by atoms with van der Waals surface area (Å²) in [6, 6.07) is 5.84. The number of anilines is 1. The molecule has 1 aromatic rings. The fourth-order valence-corrected chi connectivity index (χ4v) is 1.70. The van der Waals surface area contributed by atoms with Crippen LogP contribution in [0.3, 0.4) is 0 Å². The maximum atomic E-state index is 11.4. The normalized spacial score (nSPS) is 19.5. The largest absolute Gasteiger partial charge is 0.478 e. The van der Waals surface area contributed by atoms with E-state index >= 15 is 0 Å². The van der Waals surface area contributed by atoms with Crippen molar-refractivity contribution in [3.63, 3.8) is 0 Å². The molecule has 1 unspecified atom stereocenters. The average Bonchev–Trinajstić information content (AvgIpc) is 2.18. The van der Waals surface area contributed by atoms with Crippen LogP contribution in [-0.4, -0.2) is 12.0 Å². The van der Waals surface area contributed by atoms with Gasteiger partial charge in [0.15, 0.2) is 6.10 Å². The number of rotatable bonds is 1. The Kier molecular flexibility index (Phi) is 2.39. The monoisotopic (exact) mass is 205 g/mol. The molecule has 3 heteroatoms. The Bertz CT molecular complexity index is 399. The summed E-state index contributed by atoms with van der Waals surface area (Å²) in [5.41, 5.74) is 1.92. The molecule has 80 valence electrons. The quantitative estimate of drug-likeness (QED) is 0.765. The van der Waals surface area contributed by atoms with Crippen molar-refractivity contribution >= 4 is 11.6 Å². The van der Waals surface area contributed by atoms with Gasteiger partial charge in [-0.05, 0) is 24.5 Å². The van der Waals surface area contributed by atoms with E-state index in [-0.39, 0.29) is 5.91 Å². The van der Waals surface area contributed by atoms with Crippen molar-refractivity contribution in [2.75, 3.05) is 5.32 Å². The molecule has 1 heterocycles. The highest BCUT2D eigenvalue weighted by Crippen LogP contribution is 2.36. The minimum atomic E-state index is -0.405. The molecule has 0 radical (unpaired) electrons. The summed E-state index contributed by atoms with van der Waals surface area (Å²) < 4.78 is 5.62. The Balaban J connectivity index is 2.48. The fraction of sp³-hybridized carbons (Fsp3) is 0.417. The van der Waals surface area contributed by atoms with E-state index in [1.807, 2.05) is 18.2 Å². The molecule has 1 N–H and O–H groups in total. The summed E-state index contributed by atoms with van der Waals surface area (Å²) in [7, 11) is 0. The number of benzene rings is 1. The van der Waals surface area contributed by atoms with Crippen LogP contribution in [0.2, 0.25) is 0 Å². The first-order valence-electron chi connectivity index (χ1n) is 5.20. The van der Waals surface area contributed by atoms with Gasteiger partial charge in [0.1, 0.15) is 5.75 Å². The number of carbonyl (C=O) groups is 1. The first kappa shape index (κ1) is 10.0. The Labute approximate surface area is 89.4 Å². The Hall–Kier alpha value is -1.51. The smallest absolute Gasteiger partial charge is 0.265 e. The van der Waals surface area contributed by atoms with Gasteiger partial charge in [0.2, 0.25) is 0 Å². The van der Waals surface area contributed by atoms with Crippen molar-refractivity contribution in [1.29, 1.82) is 0 Å². The number of hydrogen-bond donors (Lipinski definition) is 1. The second-order valence-electron chi connectivity index (χ2n) is 4.13. The molecule has 0 spiro atoms. The fourth-order valence-electron chi connectivity index (χ4n) is 1.70. The number of ether oxygens (including phenoxy) is 1. The summed E-state index contributed by atoms with van der Waals surface area (Å²) in [4.78, 5) is 11.4. The van der Waals surface area contributed by atoms with Crippen molar-refractivity contribution in [3.8, 4) is 5.75 Å². The van der Waals surface area contributed by atoms with Crippen molar-refractivity contribution < 1.29 is 9.53 Å². The van der Waals surface area contributed by atoms with Crippen LogP contribution in [0.25, 0.3) is 0 Å². The third-order valence-corrected chi connectivity index (χ3v) is 2.59. The van der Waals surface area contributed by atoms with Crippen LogP contribution in [0.5, 0.6) is 5.75 Å². The maximum absolute atomic E-state index is 11.4. The summed E-state index contributed by atoms with van der Waals surface area (Å²) >= 11 is 0. The first-order chi connectivity index (χ1) is 7.09. The van der Waals surface area contributed by atoms with Gasteiger partial charge in [0.25, 0.3) is 5.91 Å². The van der Waals surface area contributed by atoms with Gasteiger partial charge >= 0.3 is 0 Å². The molecule has 15 heavy (non-hydrogen) atoms. The van der Waals surface area contributed by atoms with Gasteiger partial charge in [0, 0.05) is 0 Å². The standard InChI is InChI=1S/C12H15NO2/c1-7(2)9-5-4-6-10-11(9)15-8(3)12(14)13-10/h4-8H,1-3H3,(H,13,14). The SMILES string of the molecule is CC1Oc2c(cccc2C(C)C)NC1=O. The molecular weight excluding hydrogens is 190 g/mol. The van der Waals surface area contributed by atoms with Crippen LogP contribution in [0.4, 0.5) is 5.69 Å². The minimum absolute atomic E-state index is 0.0802. The molecule has 1 aliphatic heterocycles. The van der Waals surface area contributed by atoms with E-state index in [4.69, 9.17) is 4.74 Å². The van der Waals surface area contributed by atoms with E-state index in [0.717, 1.165) is 17.0 Å². The second-order valence-corrected chi connectivity index (χ2v) is 4.13. The molecule has 1 atom stereocenters. The number of nitrogens with one attached hydrogen (secondary N) is 1. The molecule has 0 bridgehead atoms. The highest BCUT2D eigenvalue weighted by atomic mass is 16.5. The van der Waals surface area contributed by atoms with Crippen LogP contribution in [0.1, 0.15) is 32.3 Å². The number of para-hydroxylation sites is 1. The minimum Gasteiger partial charge on any atom is -0.478 e. The lowest BCUT2D eigenvalue weighted by Gasteiger charge is -2.26. The molecule has 0 saturated carbocycles. The zero-order valence-corrected chi connectivity index (χ0v) is 9.20. The molecule has 0 fully saturated rings. The lowest BCUT2D eigenvalue weighted by Crippen LogP contribution is -2.34. The summed E-state index contributed by atoms with van der Waals surface area (Å²) in [6.07, 6.45) is -0.405. The van der Waals surface area contributed by atoms with Gasteiger partial charge in [-0.1, -0.05) is 26.0 Å². The van der Waals surface area contributed by atoms with Crippen LogP contribution >= 0.6 is 0 Å². The number of amides is 1. The summed E-state index contributed by atoms with van der Waals surface area (Å²) in [5, 5.41) is 2.84. The van der Waals surface area contributed by atoms with Crippen molar-refractivity contribution in [3.05, 3.63) is 23.8 Å². The van der Waals surface area contributed by atoms with Crippen molar-refractivity contribution in [2.24, 2.45) is 0 Å².